The lowest BCUT2D eigenvalue weighted by Crippen LogP contribution is -2.36. The standard InChI is InChI=1S/C17H18N2O7/c1-11(7-12-5-6-15(20)16(21)9-12)18-17(22)26-14-4-2-3-13(8-14)10-25-19(23)24/h2-6,8-9,11,20-21H,7,10H2,1H3,(H,18,22). The van der Waals surface area contributed by atoms with E-state index >= 15 is 0 Å². The van der Waals surface area contributed by atoms with Gasteiger partial charge in [-0.25, -0.2) is 4.79 Å². The Morgan fingerprint density at radius 3 is 2.65 bits per heavy atom. The maximum atomic E-state index is 11.9. The molecular weight excluding hydrogens is 344 g/mol. The fourth-order valence-corrected chi connectivity index (χ4v) is 2.26. The van der Waals surface area contributed by atoms with Crippen LogP contribution in [0.1, 0.15) is 18.1 Å². The molecule has 0 heterocycles. The van der Waals surface area contributed by atoms with Gasteiger partial charge in [-0.15, -0.1) is 10.1 Å². The minimum atomic E-state index is -0.900. The van der Waals surface area contributed by atoms with Crippen LogP contribution < -0.4 is 10.1 Å². The zero-order chi connectivity index (χ0) is 19.1. The van der Waals surface area contributed by atoms with Crippen molar-refractivity contribution in [1.82, 2.24) is 5.32 Å². The van der Waals surface area contributed by atoms with Gasteiger partial charge < -0.3 is 25.1 Å². The quantitative estimate of drug-likeness (QED) is 0.392. The summed E-state index contributed by atoms with van der Waals surface area (Å²) in [6.45, 7) is 1.51. The number of benzene rings is 2. The third kappa shape index (κ3) is 5.86. The van der Waals surface area contributed by atoms with E-state index in [1.54, 1.807) is 25.1 Å². The minimum Gasteiger partial charge on any atom is -0.504 e. The Kier molecular flexibility index (Phi) is 6.20. The van der Waals surface area contributed by atoms with Crippen molar-refractivity contribution in [3.63, 3.8) is 0 Å². The van der Waals surface area contributed by atoms with Gasteiger partial charge in [0, 0.05) is 6.04 Å². The second-order valence-corrected chi connectivity index (χ2v) is 5.61. The van der Waals surface area contributed by atoms with Crippen LogP contribution in [0.3, 0.4) is 0 Å². The van der Waals surface area contributed by atoms with E-state index < -0.39 is 11.2 Å². The van der Waals surface area contributed by atoms with Crippen LogP contribution in [0.5, 0.6) is 17.2 Å². The molecule has 1 atom stereocenters. The highest BCUT2D eigenvalue weighted by atomic mass is 16.9. The molecular formula is C17H18N2O7. The number of aromatic hydroxyl groups is 2. The van der Waals surface area contributed by atoms with E-state index in [1.165, 1.54) is 24.3 Å². The molecule has 2 rings (SSSR count). The Labute approximate surface area is 148 Å². The smallest absolute Gasteiger partial charge is 0.412 e. The van der Waals surface area contributed by atoms with Gasteiger partial charge in [0.15, 0.2) is 11.5 Å². The molecule has 0 aliphatic rings. The summed E-state index contributed by atoms with van der Waals surface area (Å²) in [4.78, 5) is 26.4. The lowest BCUT2D eigenvalue weighted by Gasteiger charge is -2.14. The van der Waals surface area contributed by atoms with Crippen molar-refractivity contribution in [3.8, 4) is 17.2 Å². The Bertz CT molecular complexity index is 794. The predicted octanol–water partition coefficient (Wildman–Crippen LogP) is 2.53. The van der Waals surface area contributed by atoms with Crippen molar-refractivity contribution in [2.24, 2.45) is 0 Å². The number of phenolic OH excluding ortho intramolecular Hbond substituents is 2. The van der Waals surface area contributed by atoms with Gasteiger partial charge in [-0.3, -0.25) is 0 Å². The van der Waals surface area contributed by atoms with Gasteiger partial charge in [0.1, 0.15) is 12.4 Å². The number of rotatable bonds is 7. The van der Waals surface area contributed by atoms with E-state index in [1.807, 2.05) is 0 Å². The Balaban J connectivity index is 1.88. The van der Waals surface area contributed by atoms with Crippen molar-refractivity contribution < 1.29 is 29.7 Å². The van der Waals surface area contributed by atoms with Gasteiger partial charge in [0.05, 0.1) is 0 Å². The number of hydrogen-bond acceptors (Lipinski definition) is 7. The minimum absolute atomic E-state index is 0.213. The summed E-state index contributed by atoms with van der Waals surface area (Å²) in [5.74, 6) is -0.220. The van der Waals surface area contributed by atoms with E-state index in [0.717, 1.165) is 5.56 Å². The van der Waals surface area contributed by atoms with E-state index in [4.69, 9.17) is 4.74 Å². The Hall–Kier alpha value is -3.49. The van der Waals surface area contributed by atoms with Gasteiger partial charge in [-0.2, -0.15) is 0 Å². The monoisotopic (exact) mass is 362 g/mol. The van der Waals surface area contributed by atoms with Crippen LogP contribution in [-0.2, 0) is 17.9 Å². The summed E-state index contributed by atoms with van der Waals surface area (Å²) >= 11 is 0. The fourth-order valence-electron chi connectivity index (χ4n) is 2.26. The van der Waals surface area contributed by atoms with E-state index in [9.17, 15) is 25.1 Å². The molecule has 2 aromatic rings. The van der Waals surface area contributed by atoms with Gasteiger partial charge in [0.25, 0.3) is 5.09 Å². The first-order valence-corrected chi connectivity index (χ1v) is 7.69. The maximum absolute atomic E-state index is 11.9. The summed E-state index contributed by atoms with van der Waals surface area (Å²) in [6.07, 6.45) is -0.271. The molecule has 0 radical (unpaired) electrons. The van der Waals surface area contributed by atoms with Crippen LogP contribution >= 0.6 is 0 Å². The zero-order valence-electron chi connectivity index (χ0n) is 13.9. The highest BCUT2D eigenvalue weighted by Crippen LogP contribution is 2.25. The number of ether oxygens (including phenoxy) is 1. The summed E-state index contributed by atoms with van der Waals surface area (Å²) in [5, 5.41) is 30.7. The van der Waals surface area contributed by atoms with Crippen LogP contribution in [0.15, 0.2) is 42.5 Å². The lowest BCUT2D eigenvalue weighted by molar-refractivity contribution is -0.763. The van der Waals surface area contributed by atoms with Crippen LogP contribution in [0.25, 0.3) is 0 Å². The molecule has 0 aromatic heterocycles. The van der Waals surface area contributed by atoms with Crippen LogP contribution in [0.2, 0.25) is 0 Å². The number of phenols is 2. The average Bonchev–Trinajstić information content (AvgIpc) is 2.56. The van der Waals surface area contributed by atoms with Crippen LogP contribution in [0, 0.1) is 10.1 Å². The lowest BCUT2D eigenvalue weighted by atomic mass is 10.1. The third-order valence-electron chi connectivity index (χ3n) is 3.39. The van der Waals surface area contributed by atoms with Crippen molar-refractivity contribution >= 4 is 6.09 Å². The molecule has 3 N–H and O–H groups in total. The predicted molar refractivity (Wildman–Crippen MR) is 90.3 cm³/mol. The Morgan fingerprint density at radius 1 is 1.19 bits per heavy atom. The number of nitrogens with zero attached hydrogens (tertiary/aromatic N) is 1. The Morgan fingerprint density at radius 2 is 1.96 bits per heavy atom. The summed E-state index contributed by atoms with van der Waals surface area (Å²) in [6, 6.07) is 10.3. The number of carbonyl (C=O) groups excluding carboxylic acids is 1. The van der Waals surface area contributed by atoms with Gasteiger partial charge >= 0.3 is 6.09 Å². The van der Waals surface area contributed by atoms with Crippen molar-refractivity contribution in [2.75, 3.05) is 0 Å². The first-order valence-electron chi connectivity index (χ1n) is 7.69. The number of carbonyl (C=O) groups is 1. The maximum Gasteiger partial charge on any atom is 0.412 e. The van der Waals surface area contributed by atoms with Crippen LogP contribution in [0.4, 0.5) is 4.79 Å². The first-order chi connectivity index (χ1) is 12.3. The third-order valence-corrected chi connectivity index (χ3v) is 3.39. The number of amides is 1. The van der Waals surface area contributed by atoms with Gasteiger partial charge in [-0.1, -0.05) is 18.2 Å². The highest BCUT2D eigenvalue weighted by Gasteiger charge is 2.12. The molecule has 1 amide bonds. The molecule has 2 aromatic carbocycles. The highest BCUT2D eigenvalue weighted by molar-refractivity contribution is 5.70. The summed E-state index contributed by atoms with van der Waals surface area (Å²) in [7, 11) is 0. The van der Waals surface area contributed by atoms with E-state index in [-0.39, 0.29) is 29.9 Å². The normalized spacial score (nSPS) is 11.4. The second kappa shape index (κ2) is 8.56. The molecule has 0 saturated heterocycles. The van der Waals surface area contributed by atoms with E-state index in [0.29, 0.717) is 12.0 Å². The second-order valence-electron chi connectivity index (χ2n) is 5.61. The molecule has 0 spiro atoms. The van der Waals surface area contributed by atoms with Gasteiger partial charge in [-0.05, 0) is 48.7 Å². The largest absolute Gasteiger partial charge is 0.504 e. The van der Waals surface area contributed by atoms with Crippen molar-refractivity contribution in [1.29, 1.82) is 0 Å². The average molecular weight is 362 g/mol. The molecule has 0 saturated carbocycles. The van der Waals surface area contributed by atoms with Crippen molar-refractivity contribution in [3.05, 3.63) is 63.7 Å². The van der Waals surface area contributed by atoms with Crippen molar-refractivity contribution in [2.45, 2.75) is 26.0 Å². The molecule has 138 valence electrons. The molecule has 0 bridgehead atoms. The topological polar surface area (TPSA) is 131 Å². The molecule has 9 heteroatoms. The number of nitrogens with one attached hydrogen (secondary N) is 1. The summed E-state index contributed by atoms with van der Waals surface area (Å²) in [5.41, 5.74) is 1.21. The molecule has 1 unspecified atom stereocenters. The zero-order valence-corrected chi connectivity index (χ0v) is 13.9. The fraction of sp³-hybridized carbons (Fsp3) is 0.235. The molecule has 0 aliphatic carbocycles. The van der Waals surface area contributed by atoms with Crippen LogP contribution in [-0.4, -0.2) is 27.4 Å². The molecule has 26 heavy (non-hydrogen) atoms. The number of hydrogen-bond donors (Lipinski definition) is 3. The SMILES string of the molecule is CC(Cc1ccc(O)c(O)c1)NC(=O)Oc1cccc(CO[N+](=O)[O-])c1. The first kappa shape index (κ1) is 18.8. The van der Waals surface area contributed by atoms with Gasteiger partial charge in [0.2, 0.25) is 0 Å². The molecule has 0 aliphatic heterocycles. The van der Waals surface area contributed by atoms with E-state index in [2.05, 4.69) is 10.2 Å². The summed E-state index contributed by atoms with van der Waals surface area (Å²) < 4.78 is 5.15. The molecule has 0 fully saturated rings. The molecule has 9 nitrogen and oxygen atoms in total.